The molecular weight excluding hydrogens is 450 g/mol. The standard InChI is InChI=1S/C25H23N5O3S/c1-30-22-10-6-5-9-21(22)24-17(15-23(30)31)16-26-25(28-24)27-18-11-13-20(14-12-18)34(32,33)29-19-7-3-2-4-8-19/h2-5,7-9,11-14,16,29H,6,10,15H2,1H3,(H,26,27,28). The van der Waals surface area contributed by atoms with Gasteiger partial charge in [0, 0.05) is 41.5 Å². The largest absolute Gasteiger partial charge is 0.324 e. The molecule has 0 bridgehead atoms. The van der Waals surface area contributed by atoms with E-state index >= 15 is 0 Å². The molecule has 8 nitrogen and oxygen atoms in total. The van der Waals surface area contributed by atoms with Gasteiger partial charge in [0.05, 0.1) is 17.0 Å². The van der Waals surface area contributed by atoms with Gasteiger partial charge < -0.3 is 10.2 Å². The number of allylic oxidation sites excluding steroid dienone is 4. The molecule has 1 aromatic heterocycles. The second-order valence-electron chi connectivity index (χ2n) is 8.12. The van der Waals surface area contributed by atoms with Crippen LogP contribution in [-0.2, 0) is 21.2 Å². The molecule has 2 heterocycles. The molecule has 1 aliphatic carbocycles. The Hall–Kier alpha value is -3.98. The lowest BCUT2D eigenvalue weighted by Gasteiger charge is -2.22. The number of nitrogens with one attached hydrogen (secondary N) is 2. The van der Waals surface area contributed by atoms with Gasteiger partial charge in [-0.2, -0.15) is 0 Å². The summed E-state index contributed by atoms with van der Waals surface area (Å²) in [6.07, 6.45) is 7.70. The molecule has 172 valence electrons. The third kappa shape index (κ3) is 4.29. The van der Waals surface area contributed by atoms with Gasteiger partial charge in [-0.15, -0.1) is 0 Å². The predicted octanol–water partition coefficient (Wildman–Crippen LogP) is 4.10. The third-order valence-corrected chi connectivity index (χ3v) is 7.23. The Labute approximate surface area is 198 Å². The van der Waals surface area contributed by atoms with Gasteiger partial charge >= 0.3 is 0 Å². The lowest BCUT2D eigenvalue weighted by molar-refractivity contribution is -0.127. The highest BCUT2D eigenvalue weighted by molar-refractivity contribution is 7.92. The molecule has 0 spiro atoms. The summed E-state index contributed by atoms with van der Waals surface area (Å²) in [5, 5.41) is 3.14. The van der Waals surface area contributed by atoms with Crippen molar-refractivity contribution in [2.75, 3.05) is 17.1 Å². The zero-order chi connectivity index (χ0) is 23.7. The number of carbonyl (C=O) groups is 1. The molecule has 3 aromatic rings. The van der Waals surface area contributed by atoms with Gasteiger partial charge in [0.25, 0.3) is 10.0 Å². The molecule has 9 heteroatoms. The molecule has 0 saturated heterocycles. The van der Waals surface area contributed by atoms with Crippen molar-refractivity contribution in [2.24, 2.45) is 0 Å². The number of nitrogens with zero attached hydrogens (tertiary/aromatic N) is 3. The highest BCUT2D eigenvalue weighted by atomic mass is 32.2. The van der Waals surface area contributed by atoms with E-state index in [0.29, 0.717) is 17.3 Å². The van der Waals surface area contributed by atoms with Crippen LogP contribution in [0.15, 0.2) is 83.5 Å². The number of aromatic nitrogens is 2. The highest BCUT2D eigenvalue weighted by Gasteiger charge is 2.27. The fourth-order valence-corrected chi connectivity index (χ4v) is 5.10. The van der Waals surface area contributed by atoms with E-state index in [0.717, 1.165) is 35.4 Å². The summed E-state index contributed by atoms with van der Waals surface area (Å²) in [6, 6.07) is 15.1. The monoisotopic (exact) mass is 473 g/mol. The maximum Gasteiger partial charge on any atom is 0.261 e. The summed E-state index contributed by atoms with van der Waals surface area (Å²) >= 11 is 0. The zero-order valence-electron chi connectivity index (χ0n) is 18.5. The van der Waals surface area contributed by atoms with Gasteiger partial charge in [0.2, 0.25) is 11.9 Å². The van der Waals surface area contributed by atoms with Gasteiger partial charge in [-0.05, 0) is 49.2 Å². The second-order valence-corrected chi connectivity index (χ2v) is 9.80. The summed E-state index contributed by atoms with van der Waals surface area (Å²) < 4.78 is 27.9. The number of sulfonamides is 1. The Balaban J connectivity index is 1.39. The van der Waals surface area contributed by atoms with Crippen LogP contribution in [0.3, 0.4) is 0 Å². The van der Waals surface area contributed by atoms with E-state index in [9.17, 15) is 13.2 Å². The van der Waals surface area contributed by atoms with Crippen LogP contribution in [0, 0.1) is 0 Å². The average Bonchev–Trinajstić information content (AvgIpc) is 2.95. The van der Waals surface area contributed by atoms with Crippen molar-refractivity contribution in [3.05, 3.63) is 89.9 Å². The second kappa shape index (κ2) is 8.75. The minimum absolute atomic E-state index is 0.0202. The van der Waals surface area contributed by atoms with Crippen LogP contribution in [0.5, 0.6) is 0 Å². The minimum atomic E-state index is -3.70. The molecule has 2 aromatic carbocycles. The number of hydrogen-bond acceptors (Lipinski definition) is 6. The van der Waals surface area contributed by atoms with Crippen LogP contribution in [0.2, 0.25) is 0 Å². The number of benzene rings is 2. The molecular formula is C25H23N5O3S. The van der Waals surface area contributed by atoms with Crippen molar-refractivity contribution >= 4 is 38.8 Å². The molecule has 34 heavy (non-hydrogen) atoms. The van der Waals surface area contributed by atoms with Gasteiger partial charge in [0.1, 0.15) is 0 Å². The molecule has 2 aliphatic rings. The highest BCUT2D eigenvalue weighted by Crippen LogP contribution is 2.34. The van der Waals surface area contributed by atoms with Crippen molar-refractivity contribution in [1.82, 2.24) is 14.9 Å². The van der Waals surface area contributed by atoms with Crippen LogP contribution in [0.4, 0.5) is 17.3 Å². The summed E-state index contributed by atoms with van der Waals surface area (Å²) in [6.45, 7) is 0. The third-order valence-electron chi connectivity index (χ3n) is 5.83. The maximum absolute atomic E-state index is 12.7. The Kier molecular flexibility index (Phi) is 5.62. The molecule has 1 amide bonds. The predicted molar refractivity (Wildman–Crippen MR) is 131 cm³/mol. The SMILES string of the molecule is CN1C(=O)Cc2cnc(Nc3ccc(S(=O)(=O)Nc4ccccc4)cc3)nc2C2=C1CCC=C2. The van der Waals surface area contributed by atoms with Crippen molar-refractivity contribution in [3.63, 3.8) is 0 Å². The number of anilines is 3. The Morgan fingerprint density at radius 2 is 1.76 bits per heavy atom. The lowest BCUT2D eigenvalue weighted by Crippen LogP contribution is -2.27. The fraction of sp³-hybridized carbons (Fsp3) is 0.160. The van der Waals surface area contributed by atoms with Crippen LogP contribution < -0.4 is 10.0 Å². The Bertz CT molecular complexity index is 1410. The van der Waals surface area contributed by atoms with Crippen molar-refractivity contribution in [1.29, 1.82) is 0 Å². The molecule has 1 aliphatic heterocycles. The quantitative estimate of drug-likeness (QED) is 0.578. The fourth-order valence-electron chi connectivity index (χ4n) is 4.04. The first-order valence-corrected chi connectivity index (χ1v) is 12.4. The van der Waals surface area contributed by atoms with Gasteiger partial charge in [0.15, 0.2) is 0 Å². The smallest absolute Gasteiger partial charge is 0.261 e. The van der Waals surface area contributed by atoms with E-state index in [2.05, 4.69) is 21.1 Å². The van der Waals surface area contributed by atoms with Crippen LogP contribution in [0.1, 0.15) is 24.1 Å². The number of likely N-dealkylation sites (N-methyl/N-ethyl adjacent to an activating group) is 1. The van der Waals surface area contributed by atoms with E-state index in [-0.39, 0.29) is 17.2 Å². The molecule has 0 saturated carbocycles. The summed E-state index contributed by atoms with van der Waals surface area (Å²) in [5.74, 6) is 0.395. The number of para-hydroxylation sites is 1. The topological polar surface area (TPSA) is 104 Å². The first-order chi connectivity index (χ1) is 16.4. The van der Waals surface area contributed by atoms with Gasteiger partial charge in [-0.1, -0.05) is 30.4 Å². The molecule has 0 radical (unpaired) electrons. The number of amides is 1. The zero-order valence-corrected chi connectivity index (χ0v) is 19.3. The van der Waals surface area contributed by atoms with Crippen molar-refractivity contribution in [2.45, 2.75) is 24.2 Å². The number of rotatable bonds is 5. The Morgan fingerprint density at radius 3 is 2.53 bits per heavy atom. The van der Waals surface area contributed by atoms with Crippen LogP contribution >= 0.6 is 0 Å². The van der Waals surface area contributed by atoms with E-state index in [1.54, 1.807) is 54.5 Å². The molecule has 0 atom stereocenters. The lowest BCUT2D eigenvalue weighted by atomic mass is 9.98. The molecule has 2 N–H and O–H groups in total. The van der Waals surface area contributed by atoms with Crippen LogP contribution in [-0.4, -0.2) is 36.2 Å². The summed E-state index contributed by atoms with van der Waals surface area (Å²) in [5.41, 5.74) is 4.58. The maximum atomic E-state index is 12.7. The molecule has 0 fully saturated rings. The first-order valence-electron chi connectivity index (χ1n) is 10.9. The van der Waals surface area contributed by atoms with Crippen LogP contribution in [0.25, 0.3) is 5.57 Å². The van der Waals surface area contributed by atoms with Gasteiger partial charge in [-0.25, -0.2) is 18.4 Å². The van der Waals surface area contributed by atoms with Crippen molar-refractivity contribution in [3.8, 4) is 0 Å². The normalized spacial score (nSPS) is 15.4. The number of hydrogen-bond donors (Lipinski definition) is 2. The number of fused-ring (bicyclic) bond motifs is 2. The molecule has 5 rings (SSSR count). The van der Waals surface area contributed by atoms with E-state index in [1.165, 1.54) is 12.1 Å². The van der Waals surface area contributed by atoms with Gasteiger partial charge in [-0.3, -0.25) is 9.52 Å². The number of carbonyl (C=O) groups excluding carboxylic acids is 1. The average molecular weight is 474 g/mol. The first kappa shape index (κ1) is 21.8. The Morgan fingerprint density at radius 1 is 1.00 bits per heavy atom. The minimum Gasteiger partial charge on any atom is -0.324 e. The summed E-state index contributed by atoms with van der Waals surface area (Å²) in [7, 11) is -1.90. The van der Waals surface area contributed by atoms with E-state index < -0.39 is 10.0 Å². The van der Waals surface area contributed by atoms with E-state index in [4.69, 9.17) is 4.98 Å². The molecule has 0 unspecified atom stereocenters. The van der Waals surface area contributed by atoms with Crippen molar-refractivity contribution < 1.29 is 13.2 Å². The summed E-state index contributed by atoms with van der Waals surface area (Å²) in [4.78, 5) is 23.5. The van der Waals surface area contributed by atoms with E-state index in [1.807, 2.05) is 12.1 Å².